The molecule has 1 aliphatic rings. The Morgan fingerprint density at radius 2 is 1.96 bits per heavy atom. The van der Waals surface area contributed by atoms with Gasteiger partial charge in [0.25, 0.3) is 17.5 Å². The van der Waals surface area contributed by atoms with Crippen molar-refractivity contribution in [3.05, 3.63) is 39.4 Å². The van der Waals surface area contributed by atoms with Crippen molar-refractivity contribution < 1.29 is 19.3 Å². The molecule has 1 N–H and O–H groups in total. The van der Waals surface area contributed by atoms with Gasteiger partial charge in [-0.25, -0.2) is 0 Å². The SMILES string of the molecule is O=C(CCCN1C(=O)c2ccc([N+](=O)[O-])cc2C1=O)NCCS. The van der Waals surface area contributed by atoms with E-state index in [1.165, 1.54) is 12.1 Å². The smallest absolute Gasteiger partial charge is 0.270 e. The van der Waals surface area contributed by atoms with E-state index in [1.807, 2.05) is 0 Å². The number of thiol groups is 1. The van der Waals surface area contributed by atoms with Crippen LogP contribution in [0.3, 0.4) is 0 Å². The van der Waals surface area contributed by atoms with E-state index in [9.17, 15) is 24.5 Å². The van der Waals surface area contributed by atoms with E-state index in [4.69, 9.17) is 0 Å². The molecular formula is C14H15N3O5S. The second-order valence-electron chi connectivity index (χ2n) is 4.93. The zero-order valence-electron chi connectivity index (χ0n) is 12.2. The summed E-state index contributed by atoms with van der Waals surface area (Å²) in [7, 11) is 0. The van der Waals surface area contributed by atoms with Crippen LogP contribution >= 0.6 is 12.6 Å². The molecule has 8 nitrogen and oxygen atoms in total. The van der Waals surface area contributed by atoms with E-state index in [1.54, 1.807) is 0 Å². The molecule has 0 fully saturated rings. The van der Waals surface area contributed by atoms with E-state index in [2.05, 4.69) is 17.9 Å². The highest BCUT2D eigenvalue weighted by Gasteiger charge is 2.36. The number of nitro benzene ring substituents is 1. The fraction of sp³-hybridized carbons (Fsp3) is 0.357. The number of carbonyl (C=O) groups excluding carboxylic acids is 3. The average molecular weight is 337 g/mol. The number of benzene rings is 1. The van der Waals surface area contributed by atoms with Crippen molar-refractivity contribution >= 4 is 36.0 Å². The highest BCUT2D eigenvalue weighted by Crippen LogP contribution is 2.26. The number of hydrogen-bond donors (Lipinski definition) is 2. The molecule has 1 aromatic carbocycles. The fourth-order valence-electron chi connectivity index (χ4n) is 2.28. The standard InChI is InChI=1S/C14H15N3O5S/c18-12(15-5-7-23)2-1-6-16-13(19)10-4-3-9(17(21)22)8-11(10)14(16)20/h3-4,8,23H,1-2,5-7H2,(H,15,18). The van der Waals surface area contributed by atoms with E-state index in [0.29, 0.717) is 18.7 Å². The maximum atomic E-state index is 12.2. The maximum absolute atomic E-state index is 12.2. The molecular weight excluding hydrogens is 322 g/mol. The number of hydrogen-bond acceptors (Lipinski definition) is 6. The van der Waals surface area contributed by atoms with E-state index < -0.39 is 16.7 Å². The van der Waals surface area contributed by atoms with Crippen molar-refractivity contribution in [1.82, 2.24) is 10.2 Å². The summed E-state index contributed by atoms with van der Waals surface area (Å²) in [5.74, 6) is -0.699. The van der Waals surface area contributed by atoms with Gasteiger partial charge in [0.15, 0.2) is 0 Å². The Bertz CT molecular complexity index is 676. The van der Waals surface area contributed by atoms with E-state index in [-0.39, 0.29) is 35.7 Å². The van der Waals surface area contributed by atoms with Gasteiger partial charge in [0.2, 0.25) is 5.91 Å². The molecule has 2 rings (SSSR count). The van der Waals surface area contributed by atoms with Gasteiger partial charge in [-0.15, -0.1) is 0 Å². The average Bonchev–Trinajstić information content (AvgIpc) is 2.77. The Balaban J connectivity index is 2.00. The molecule has 0 spiro atoms. The van der Waals surface area contributed by atoms with Crippen LogP contribution in [0.2, 0.25) is 0 Å². The first-order valence-electron chi connectivity index (χ1n) is 6.98. The van der Waals surface area contributed by atoms with Gasteiger partial charge in [0, 0.05) is 37.4 Å². The molecule has 9 heteroatoms. The second-order valence-corrected chi connectivity index (χ2v) is 5.37. The Hall–Kier alpha value is -2.42. The Kier molecular flexibility index (Phi) is 5.32. The van der Waals surface area contributed by atoms with Gasteiger partial charge in [-0.3, -0.25) is 29.4 Å². The maximum Gasteiger partial charge on any atom is 0.270 e. The zero-order valence-corrected chi connectivity index (χ0v) is 13.0. The lowest BCUT2D eigenvalue weighted by Gasteiger charge is -2.13. The summed E-state index contributed by atoms with van der Waals surface area (Å²) in [6, 6.07) is 3.58. The van der Waals surface area contributed by atoms with Crippen LogP contribution in [0.15, 0.2) is 18.2 Å². The van der Waals surface area contributed by atoms with Gasteiger partial charge in [-0.1, -0.05) is 0 Å². The quantitative estimate of drug-likeness (QED) is 0.334. The number of amides is 3. The Morgan fingerprint density at radius 1 is 1.26 bits per heavy atom. The third kappa shape index (κ3) is 3.67. The van der Waals surface area contributed by atoms with Crippen molar-refractivity contribution in [2.24, 2.45) is 0 Å². The number of non-ortho nitro benzene ring substituents is 1. The lowest BCUT2D eigenvalue weighted by Crippen LogP contribution is -2.32. The minimum Gasteiger partial charge on any atom is -0.355 e. The van der Waals surface area contributed by atoms with Crippen LogP contribution in [-0.4, -0.2) is 46.4 Å². The normalized spacial score (nSPS) is 13.2. The summed E-state index contributed by atoms with van der Waals surface area (Å²) in [5.41, 5.74) is -0.0540. The topological polar surface area (TPSA) is 110 Å². The predicted octanol–water partition coefficient (Wildman–Crippen LogP) is 1.02. The molecule has 0 unspecified atom stereocenters. The monoisotopic (exact) mass is 337 g/mol. The van der Waals surface area contributed by atoms with Gasteiger partial charge in [0.05, 0.1) is 16.1 Å². The Labute approximate surface area is 137 Å². The molecule has 0 saturated heterocycles. The molecule has 3 amide bonds. The van der Waals surface area contributed by atoms with Crippen molar-refractivity contribution in [2.75, 3.05) is 18.8 Å². The number of imide groups is 1. The minimum absolute atomic E-state index is 0.0312. The third-order valence-electron chi connectivity index (χ3n) is 3.38. The van der Waals surface area contributed by atoms with Crippen molar-refractivity contribution in [3.63, 3.8) is 0 Å². The molecule has 1 aliphatic heterocycles. The van der Waals surface area contributed by atoms with Crippen LogP contribution in [-0.2, 0) is 4.79 Å². The van der Waals surface area contributed by atoms with E-state index >= 15 is 0 Å². The number of nitrogens with one attached hydrogen (secondary N) is 1. The highest BCUT2D eigenvalue weighted by atomic mass is 32.1. The summed E-state index contributed by atoms with van der Waals surface area (Å²) in [6.45, 7) is 0.549. The Morgan fingerprint density at radius 3 is 2.61 bits per heavy atom. The lowest BCUT2D eigenvalue weighted by molar-refractivity contribution is -0.384. The fourth-order valence-corrected chi connectivity index (χ4v) is 2.39. The van der Waals surface area contributed by atoms with Crippen LogP contribution in [0.1, 0.15) is 33.6 Å². The molecule has 0 aliphatic carbocycles. The van der Waals surface area contributed by atoms with Gasteiger partial charge in [0.1, 0.15) is 0 Å². The van der Waals surface area contributed by atoms with Crippen molar-refractivity contribution in [1.29, 1.82) is 0 Å². The first kappa shape index (κ1) is 16.9. The summed E-state index contributed by atoms with van der Waals surface area (Å²) >= 11 is 3.97. The van der Waals surface area contributed by atoms with E-state index in [0.717, 1.165) is 11.0 Å². The molecule has 0 atom stereocenters. The minimum atomic E-state index is -0.619. The summed E-state index contributed by atoms with van der Waals surface area (Å²) in [4.78, 5) is 47.0. The van der Waals surface area contributed by atoms with Crippen molar-refractivity contribution in [2.45, 2.75) is 12.8 Å². The molecule has 0 aromatic heterocycles. The molecule has 122 valence electrons. The van der Waals surface area contributed by atoms with Crippen LogP contribution < -0.4 is 5.32 Å². The summed E-state index contributed by atoms with van der Waals surface area (Å²) in [5, 5.41) is 13.4. The van der Waals surface area contributed by atoms with Crippen LogP contribution in [0.5, 0.6) is 0 Å². The van der Waals surface area contributed by atoms with Gasteiger partial charge in [-0.2, -0.15) is 12.6 Å². The number of carbonyl (C=O) groups is 3. The molecule has 1 aromatic rings. The number of fused-ring (bicyclic) bond motifs is 1. The molecule has 1 heterocycles. The van der Waals surface area contributed by atoms with Gasteiger partial charge in [-0.05, 0) is 12.5 Å². The third-order valence-corrected chi connectivity index (χ3v) is 3.61. The zero-order chi connectivity index (χ0) is 17.0. The molecule has 0 saturated carbocycles. The largest absolute Gasteiger partial charge is 0.355 e. The van der Waals surface area contributed by atoms with Crippen LogP contribution in [0.4, 0.5) is 5.69 Å². The number of nitro groups is 1. The highest BCUT2D eigenvalue weighted by molar-refractivity contribution is 7.80. The van der Waals surface area contributed by atoms with Gasteiger partial charge < -0.3 is 5.32 Å². The molecule has 0 radical (unpaired) electrons. The number of nitrogens with zero attached hydrogens (tertiary/aromatic N) is 2. The number of rotatable bonds is 7. The van der Waals surface area contributed by atoms with Gasteiger partial charge >= 0.3 is 0 Å². The summed E-state index contributed by atoms with van der Waals surface area (Å²) in [6.07, 6.45) is 0.507. The molecule has 0 bridgehead atoms. The summed E-state index contributed by atoms with van der Waals surface area (Å²) < 4.78 is 0. The lowest BCUT2D eigenvalue weighted by atomic mass is 10.1. The van der Waals surface area contributed by atoms with Crippen molar-refractivity contribution in [3.8, 4) is 0 Å². The predicted molar refractivity (Wildman–Crippen MR) is 84.6 cm³/mol. The second kappa shape index (κ2) is 7.23. The first-order chi connectivity index (χ1) is 11.0. The molecule has 23 heavy (non-hydrogen) atoms. The first-order valence-corrected chi connectivity index (χ1v) is 7.61. The van der Waals surface area contributed by atoms with Crippen LogP contribution in [0.25, 0.3) is 0 Å². The van der Waals surface area contributed by atoms with Crippen LogP contribution in [0, 0.1) is 10.1 Å².